The van der Waals surface area contributed by atoms with Gasteiger partial charge in [-0.25, -0.2) is 0 Å². The van der Waals surface area contributed by atoms with Gasteiger partial charge in [-0.2, -0.15) is 0 Å². The number of aryl methyl sites for hydroxylation is 1. The lowest BCUT2D eigenvalue weighted by Gasteiger charge is -2.26. The molecule has 120 valence electrons. The van der Waals surface area contributed by atoms with Crippen molar-refractivity contribution in [2.45, 2.75) is 25.8 Å². The lowest BCUT2D eigenvalue weighted by molar-refractivity contribution is 0.0692. The number of carbonyl (C=O) groups is 1. The SMILES string of the molecule is Cc1cc(C(=O)N2CCC[C@H]2c2ccc3c(c2)OCCO3)on1. The average Bonchev–Trinajstić information content (AvgIpc) is 3.23. The van der Waals surface area contributed by atoms with Crippen LogP contribution in [0.4, 0.5) is 0 Å². The molecule has 1 aromatic heterocycles. The summed E-state index contributed by atoms with van der Waals surface area (Å²) in [6.45, 7) is 3.66. The second-order valence-electron chi connectivity index (χ2n) is 5.89. The Hall–Kier alpha value is -2.50. The molecule has 0 radical (unpaired) electrons. The Morgan fingerprint density at radius 3 is 2.83 bits per heavy atom. The van der Waals surface area contributed by atoms with Gasteiger partial charge < -0.3 is 18.9 Å². The molecule has 3 heterocycles. The highest BCUT2D eigenvalue weighted by Crippen LogP contribution is 2.38. The molecule has 0 aliphatic carbocycles. The summed E-state index contributed by atoms with van der Waals surface area (Å²) in [5.41, 5.74) is 1.78. The highest BCUT2D eigenvalue weighted by molar-refractivity contribution is 5.92. The van der Waals surface area contributed by atoms with Gasteiger partial charge in [0.05, 0.1) is 11.7 Å². The van der Waals surface area contributed by atoms with Crippen LogP contribution in [0.3, 0.4) is 0 Å². The van der Waals surface area contributed by atoms with Gasteiger partial charge >= 0.3 is 0 Å². The topological polar surface area (TPSA) is 64.8 Å². The molecule has 1 amide bonds. The maximum absolute atomic E-state index is 12.7. The molecule has 1 saturated heterocycles. The molecule has 4 rings (SSSR count). The van der Waals surface area contributed by atoms with Gasteiger partial charge in [-0.05, 0) is 37.5 Å². The first-order chi connectivity index (χ1) is 11.2. The zero-order valence-electron chi connectivity index (χ0n) is 12.9. The summed E-state index contributed by atoms with van der Waals surface area (Å²) in [4.78, 5) is 14.5. The van der Waals surface area contributed by atoms with Crippen LogP contribution in [0.15, 0.2) is 28.8 Å². The fraction of sp³-hybridized carbons (Fsp3) is 0.412. The van der Waals surface area contributed by atoms with Crippen molar-refractivity contribution in [1.82, 2.24) is 10.1 Å². The van der Waals surface area contributed by atoms with Gasteiger partial charge in [0, 0.05) is 12.6 Å². The minimum absolute atomic E-state index is 0.0312. The third-order valence-electron chi connectivity index (χ3n) is 4.30. The summed E-state index contributed by atoms with van der Waals surface area (Å²) >= 11 is 0. The largest absolute Gasteiger partial charge is 0.486 e. The first kappa shape index (κ1) is 14.1. The first-order valence-electron chi connectivity index (χ1n) is 7.86. The Bertz CT molecular complexity index is 740. The minimum Gasteiger partial charge on any atom is -0.486 e. The van der Waals surface area contributed by atoms with Crippen LogP contribution in [0.1, 0.15) is 40.7 Å². The maximum atomic E-state index is 12.7. The smallest absolute Gasteiger partial charge is 0.292 e. The molecule has 6 heteroatoms. The minimum atomic E-state index is -0.108. The van der Waals surface area contributed by atoms with Crippen LogP contribution in [0.5, 0.6) is 11.5 Å². The Morgan fingerprint density at radius 2 is 2.04 bits per heavy atom. The second-order valence-corrected chi connectivity index (χ2v) is 5.89. The highest BCUT2D eigenvalue weighted by Gasteiger charge is 2.33. The van der Waals surface area contributed by atoms with Gasteiger partial charge in [0.1, 0.15) is 13.2 Å². The van der Waals surface area contributed by atoms with E-state index in [2.05, 4.69) is 5.16 Å². The van der Waals surface area contributed by atoms with Crippen molar-refractivity contribution in [1.29, 1.82) is 0 Å². The fourth-order valence-electron chi connectivity index (χ4n) is 3.23. The lowest BCUT2D eigenvalue weighted by atomic mass is 10.0. The Morgan fingerprint density at radius 1 is 1.22 bits per heavy atom. The quantitative estimate of drug-likeness (QED) is 0.853. The zero-order chi connectivity index (χ0) is 15.8. The Kier molecular flexibility index (Phi) is 3.44. The lowest BCUT2D eigenvalue weighted by Crippen LogP contribution is -2.30. The molecule has 1 atom stereocenters. The van der Waals surface area contributed by atoms with Crippen molar-refractivity contribution in [2.75, 3.05) is 19.8 Å². The van der Waals surface area contributed by atoms with Crippen LogP contribution >= 0.6 is 0 Å². The summed E-state index contributed by atoms with van der Waals surface area (Å²) in [5, 5.41) is 3.81. The van der Waals surface area contributed by atoms with Gasteiger partial charge in [-0.1, -0.05) is 11.2 Å². The molecule has 2 aliphatic heterocycles. The number of carbonyl (C=O) groups excluding carboxylic acids is 1. The van der Waals surface area contributed by atoms with E-state index in [1.165, 1.54) is 0 Å². The standard InChI is InChI=1S/C17H18N2O4/c1-11-9-16(23-18-11)17(20)19-6-2-3-13(19)12-4-5-14-15(10-12)22-8-7-21-14/h4-5,9-10,13H,2-3,6-8H2,1H3/t13-/m0/s1. The normalized spacial score (nSPS) is 19.9. The number of rotatable bonds is 2. The molecule has 2 aliphatic rings. The van der Waals surface area contributed by atoms with Gasteiger partial charge in [-0.15, -0.1) is 0 Å². The predicted molar refractivity (Wildman–Crippen MR) is 81.7 cm³/mol. The first-order valence-corrected chi connectivity index (χ1v) is 7.86. The number of ether oxygens (including phenoxy) is 2. The van der Waals surface area contributed by atoms with E-state index in [4.69, 9.17) is 14.0 Å². The average molecular weight is 314 g/mol. The van der Waals surface area contributed by atoms with Crippen molar-refractivity contribution < 1.29 is 18.8 Å². The maximum Gasteiger partial charge on any atom is 0.292 e. The van der Waals surface area contributed by atoms with Crippen LogP contribution in [0, 0.1) is 6.92 Å². The predicted octanol–water partition coefficient (Wildman–Crippen LogP) is 2.73. The van der Waals surface area contributed by atoms with E-state index in [1.54, 1.807) is 6.07 Å². The third-order valence-corrected chi connectivity index (χ3v) is 4.30. The molecule has 1 aromatic carbocycles. The van der Waals surface area contributed by atoms with E-state index in [1.807, 2.05) is 30.0 Å². The van der Waals surface area contributed by atoms with Crippen LogP contribution in [0.25, 0.3) is 0 Å². The van der Waals surface area contributed by atoms with E-state index >= 15 is 0 Å². The van der Waals surface area contributed by atoms with Gasteiger partial charge in [0.2, 0.25) is 5.76 Å². The monoisotopic (exact) mass is 314 g/mol. The number of likely N-dealkylation sites (tertiary alicyclic amines) is 1. The van der Waals surface area contributed by atoms with Crippen molar-refractivity contribution in [3.63, 3.8) is 0 Å². The van der Waals surface area contributed by atoms with Crippen molar-refractivity contribution in [3.05, 3.63) is 41.3 Å². The Labute approximate surface area is 134 Å². The number of aromatic nitrogens is 1. The molecule has 0 N–H and O–H groups in total. The molecule has 0 spiro atoms. The molecule has 1 fully saturated rings. The molecule has 2 aromatic rings. The summed E-state index contributed by atoms with van der Waals surface area (Å²) in [6, 6.07) is 7.63. The van der Waals surface area contributed by atoms with E-state index in [-0.39, 0.29) is 11.9 Å². The summed E-state index contributed by atoms with van der Waals surface area (Å²) in [5.74, 6) is 1.71. The van der Waals surface area contributed by atoms with Gasteiger partial charge in [-0.3, -0.25) is 4.79 Å². The number of amides is 1. The summed E-state index contributed by atoms with van der Waals surface area (Å²) in [7, 11) is 0. The number of benzene rings is 1. The van der Waals surface area contributed by atoms with Crippen LogP contribution in [0.2, 0.25) is 0 Å². The molecular weight excluding hydrogens is 296 g/mol. The molecule has 6 nitrogen and oxygen atoms in total. The number of hydrogen-bond acceptors (Lipinski definition) is 5. The van der Waals surface area contributed by atoms with Crippen LogP contribution in [-0.4, -0.2) is 35.7 Å². The van der Waals surface area contributed by atoms with E-state index in [9.17, 15) is 4.79 Å². The Balaban J connectivity index is 1.61. The van der Waals surface area contributed by atoms with E-state index < -0.39 is 0 Å². The molecule has 23 heavy (non-hydrogen) atoms. The third kappa shape index (κ3) is 2.54. The number of hydrogen-bond donors (Lipinski definition) is 0. The second kappa shape index (κ2) is 5.61. The van der Waals surface area contributed by atoms with E-state index in [0.717, 1.165) is 36.4 Å². The van der Waals surface area contributed by atoms with Crippen LogP contribution in [-0.2, 0) is 0 Å². The van der Waals surface area contributed by atoms with Gasteiger partial charge in [0.15, 0.2) is 11.5 Å². The van der Waals surface area contributed by atoms with Crippen LogP contribution < -0.4 is 9.47 Å². The summed E-state index contributed by atoms with van der Waals surface area (Å²) < 4.78 is 16.3. The zero-order valence-corrected chi connectivity index (χ0v) is 12.9. The van der Waals surface area contributed by atoms with Crippen molar-refractivity contribution >= 4 is 5.91 Å². The molecule has 0 saturated carbocycles. The number of nitrogens with zero attached hydrogens (tertiary/aromatic N) is 2. The fourth-order valence-corrected chi connectivity index (χ4v) is 3.23. The summed E-state index contributed by atoms with van der Waals surface area (Å²) in [6.07, 6.45) is 1.90. The molecule has 0 unspecified atom stereocenters. The molecular formula is C17H18N2O4. The molecule has 0 bridgehead atoms. The van der Waals surface area contributed by atoms with Crippen molar-refractivity contribution in [2.24, 2.45) is 0 Å². The highest BCUT2D eigenvalue weighted by atomic mass is 16.6. The number of fused-ring (bicyclic) bond motifs is 1. The van der Waals surface area contributed by atoms with E-state index in [0.29, 0.717) is 24.7 Å². The van der Waals surface area contributed by atoms with Crippen molar-refractivity contribution in [3.8, 4) is 11.5 Å². The van der Waals surface area contributed by atoms with Gasteiger partial charge in [0.25, 0.3) is 5.91 Å².